The summed E-state index contributed by atoms with van der Waals surface area (Å²) in [4.78, 5) is 13.3. The van der Waals surface area contributed by atoms with Crippen molar-refractivity contribution in [2.45, 2.75) is 18.9 Å². The maximum atomic E-state index is 11.3. The second-order valence-corrected chi connectivity index (χ2v) is 3.99. The van der Waals surface area contributed by atoms with Crippen molar-refractivity contribution in [3.63, 3.8) is 0 Å². The van der Waals surface area contributed by atoms with Crippen LogP contribution in [0.2, 0.25) is 0 Å². The van der Waals surface area contributed by atoms with Crippen LogP contribution in [-0.2, 0) is 14.3 Å². The van der Waals surface area contributed by atoms with Gasteiger partial charge in [0.25, 0.3) is 0 Å². The number of hydrogen-bond acceptors (Lipinski definition) is 5. The summed E-state index contributed by atoms with van der Waals surface area (Å²) in [5.41, 5.74) is 4.88. The zero-order valence-electron chi connectivity index (χ0n) is 10.1. The fourth-order valence-electron chi connectivity index (χ4n) is 1.42. The number of likely N-dealkylation sites (N-methyl/N-ethyl adjacent to an activating group) is 1. The Balaban J connectivity index is 3.93. The van der Waals surface area contributed by atoms with Gasteiger partial charge >= 0.3 is 5.97 Å². The molecule has 0 amide bonds. The minimum absolute atomic E-state index is 0.388. The monoisotopic (exact) mass is 218 g/mol. The van der Waals surface area contributed by atoms with Gasteiger partial charge in [0.2, 0.25) is 0 Å². The van der Waals surface area contributed by atoms with Gasteiger partial charge in [-0.3, -0.25) is 4.79 Å². The zero-order chi connectivity index (χ0) is 11.9. The van der Waals surface area contributed by atoms with E-state index in [4.69, 9.17) is 10.5 Å². The van der Waals surface area contributed by atoms with E-state index >= 15 is 0 Å². The van der Waals surface area contributed by atoms with Gasteiger partial charge in [0.05, 0.1) is 7.11 Å². The van der Waals surface area contributed by atoms with E-state index in [-0.39, 0.29) is 5.97 Å². The first-order valence-electron chi connectivity index (χ1n) is 4.99. The molecule has 90 valence electrons. The van der Waals surface area contributed by atoms with Crippen LogP contribution >= 0.6 is 0 Å². The first-order valence-corrected chi connectivity index (χ1v) is 4.99. The van der Waals surface area contributed by atoms with Gasteiger partial charge in [0.15, 0.2) is 0 Å². The number of rotatable bonds is 7. The Morgan fingerprint density at radius 1 is 1.47 bits per heavy atom. The standard InChI is InChI=1S/C10H22N2O3/c1-10(11,9(13)15-4)8-12(2)6-5-7-14-3/h5-8,11H2,1-4H3. The summed E-state index contributed by atoms with van der Waals surface area (Å²) in [7, 11) is 4.93. The highest BCUT2D eigenvalue weighted by Gasteiger charge is 2.30. The smallest absolute Gasteiger partial charge is 0.326 e. The van der Waals surface area contributed by atoms with E-state index in [1.165, 1.54) is 7.11 Å². The van der Waals surface area contributed by atoms with Crippen LogP contribution in [0.5, 0.6) is 0 Å². The number of ether oxygens (including phenoxy) is 2. The van der Waals surface area contributed by atoms with Gasteiger partial charge in [-0.15, -0.1) is 0 Å². The van der Waals surface area contributed by atoms with Crippen molar-refractivity contribution < 1.29 is 14.3 Å². The minimum Gasteiger partial charge on any atom is -0.468 e. The summed E-state index contributed by atoms with van der Waals surface area (Å²) in [5, 5.41) is 0. The predicted molar refractivity (Wildman–Crippen MR) is 58.6 cm³/mol. The van der Waals surface area contributed by atoms with Crippen molar-refractivity contribution in [2.24, 2.45) is 5.73 Å². The van der Waals surface area contributed by atoms with Crippen molar-refractivity contribution in [3.05, 3.63) is 0 Å². The maximum Gasteiger partial charge on any atom is 0.326 e. The molecule has 0 fully saturated rings. The van der Waals surface area contributed by atoms with Crippen molar-refractivity contribution >= 4 is 5.97 Å². The molecule has 0 aliphatic carbocycles. The van der Waals surface area contributed by atoms with E-state index in [1.807, 2.05) is 11.9 Å². The van der Waals surface area contributed by atoms with Crippen LogP contribution in [-0.4, -0.2) is 57.4 Å². The third-order valence-corrected chi connectivity index (χ3v) is 2.14. The van der Waals surface area contributed by atoms with Crippen LogP contribution in [0.25, 0.3) is 0 Å². The molecule has 0 aromatic heterocycles. The minimum atomic E-state index is -0.948. The van der Waals surface area contributed by atoms with E-state index in [0.717, 1.165) is 13.0 Å². The van der Waals surface area contributed by atoms with E-state index in [1.54, 1.807) is 14.0 Å². The number of carbonyl (C=O) groups is 1. The zero-order valence-corrected chi connectivity index (χ0v) is 10.1. The number of methoxy groups -OCH3 is 2. The number of hydrogen-bond donors (Lipinski definition) is 1. The fourth-order valence-corrected chi connectivity index (χ4v) is 1.42. The van der Waals surface area contributed by atoms with Gasteiger partial charge in [-0.05, 0) is 20.4 Å². The fraction of sp³-hybridized carbons (Fsp3) is 0.900. The van der Waals surface area contributed by atoms with E-state index in [9.17, 15) is 4.79 Å². The number of esters is 1. The molecule has 0 aliphatic rings. The Bertz CT molecular complexity index is 195. The lowest BCUT2D eigenvalue weighted by atomic mass is 10.0. The van der Waals surface area contributed by atoms with Gasteiger partial charge in [-0.2, -0.15) is 0 Å². The SMILES string of the molecule is COCCCN(C)CC(C)(N)C(=O)OC. The first kappa shape index (κ1) is 14.3. The molecule has 0 aromatic rings. The number of nitrogens with two attached hydrogens (primary N) is 1. The Hall–Kier alpha value is -0.650. The lowest BCUT2D eigenvalue weighted by Crippen LogP contribution is -2.53. The predicted octanol–water partition coefficient (Wildman–Crippen LogP) is -0.155. The Morgan fingerprint density at radius 2 is 2.07 bits per heavy atom. The molecular formula is C10H22N2O3. The van der Waals surface area contributed by atoms with Crippen molar-refractivity contribution in [1.82, 2.24) is 4.90 Å². The largest absolute Gasteiger partial charge is 0.468 e. The lowest BCUT2D eigenvalue weighted by molar-refractivity contribution is -0.147. The third-order valence-electron chi connectivity index (χ3n) is 2.14. The molecule has 0 saturated heterocycles. The van der Waals surface area contributed by atoms with Crippen LogP contribution in [0.15, 0.2) is 0 Å². The lowest BCUT2D eigenvalue weighted by Gasteiger charge is -2.27. The van der Waals surface area contributed by atoms with Gasteiger partial charge < -0.3 is 20.1 Å². The molecule has 0 rings (SSSR count). The molecule has 0 aromatic carbocycles. The van der Waals surface area contributed by atoms with Gasteiger partial charge in [-0.25, -0.2) is 0 Å². The molecule has 15 heavy (non-hydrogen) atoms. The molecular weight excluding hydrogens is 196 g/mol. The average molecular weight is 218 g/mol. The van der Waals surface area contributed by atoms with E-state index in [2.05, 4.69) is 4.74 Å². The first-order chi connectivity index (χ1) is 6.94. The Morgan fingerprint density at radius 3 is 2.53 bits per heavy atom. The highest BCUT2D eigenvalue weighted by Crippen LogP contribution is 2.04. The van der Waals surface area contributed by atoms with Gasteiger partial charge in [0, 0.05) is 26.8 Å². The molecule has 0 aliphatic heterocycles. The normalized spacial score (nSPS) is 15.1. The number of nitrogens with zero attached hydrogens (tertiary/aromatic N) is 1. The van der Waals surface area contributed by atoms with Gasteiger partial charge in [0.1, 0.15) is 5.54 Å². The quantitative estimate of drug-likeness (QED) is 0.475. The third kappa shape index (κ3) is 5.71. The molecule has 0 spiro atoms. The van der Waals surface area contributed by atoms with Crippen LogP contribution < -0.4 is 5.73 Å². The summed E-state index contributed by atoms with van der Waals surface area (Å²) in [6.07, 6.45) is 0.921. The topological polar surface area (TPSA) is 64.8 Å². The summed E-state index contributed by atoms with van der Waals surface area (Å²) >= 11 is 0. The molecule has 0 saturated carbocycles. The highest BCUT2D eigenvalue weighted by molar-refractivity contribution is 5.80. The van der Waals surface area contributed by atoms with Crippen LogP contribution in [0, 0.1) is 0 Å². The molecule has 1 unspecified atom stereocenters. The van der Waals surface area contributed by atoms with E-state index < -0.39 is 5.54 Å². The molecule has 5 nitrogen and oxygen atoms in total. The maximum absolute atomic E-state index is 11.3. The summed E-state index contributed by atoms with van der Waals surface area (Å²) in [6, 6.07) is 0. The summed E-state index contributed by atoms with van der Waals surface area (Å²) in [6.45, 7) is 3.70. The van der Waals surface area contributed by atoms with Crippen molar-refractivity contribution in [3.8, 4) is 0 Å². The summed E-state index contributed by atoms with van der Waals surface area (Å²) < 4.78 is 9.57. The molecule has 1 atom stereocenters. The molecule has 0 radical (unpaired) electrons. The van der Waals surface area contributed by atoms with Gasteiger partial charge in [-0.1, -0.05) is 0 Å². The molecule has 5 heteroatoms. The van der Waals surface area contributed by atoms with Crippen molar-refractivity contribution in [2.75, 3.05) is 41.0 Å². The Kier molecular flexibility index (Phi) is 6.47. The second-order valence-electron chi connectivity index (χ2n) is 3.99. The second kappa shape index (κ2) is 6.76. The van der Waals surface area contributed by atoms with Crippen molar-refractivity contribution in [1.29, 1.82) is 0 Å². The van der Waals surface area contributed by atoms with Crippen LogP contribution in [0.1, 0.15) is 13.3 Å². The molecule has 2 N–H and O–H groups in total. The summed E-state index contributed by atoms with van der Waals surface area (Å²) in [5.74, 6) is -0.388. The highest BCUT2D eigenvalue weighted by atomic mass is 16.5. The molecule has 0 heterocycles. The van der Waals surface area contributed by atoms with Crippen LogP contribution in [0.4, 0.5) is 0 Å². The van der Waals surface area contributed by atoms with Crippen LogP contribution in [0.3, 0.4) is 0 Å². The molecule has 0 bridgehead atoms. The average Bonchev–Trinajstić information content (AvgIpc) is 2.16. The number of carbonyl (C=O) groups excluding carboxylic acids is 1. The Labute approximate surface area is 91.5 Å². The van der Waals surface area contributed by atoms with E-state index in [0.29, 0.717) is 13.2 Å².